The lowest BCUT2D eigenvalue weighted by molar-refractivity contribution is 0.130. The molecule has 3 nitrogen and oxygen atoms in total. The fourth-order valence-corrected chi connectivity index (χ4v) is 5.56. The molecule has 0 saturated carbocycles. The zero-order valence-electron chi connectivity index (χ0n) is 17.4. The number of rotatable bonds is 5. The highest BCUT2D eigenvalue weighted by atomic mass is 35.5. The molecular weight excluding hydrogens is 437 g/mol. The van der Waals surface area contributed by atoms with Gasteiger partial charge in [-0.05, 0) is 93.6 Å². The SMILES string of the molecule is C[C@@H](Nc1cc(C2CCN([C@H]3CCCNC3)CC2)ccc1Cl)c1ccc(Cl)cc1Cl. The monoisotopic (exact) mass is 465 g/mol. The predicted molar refractivity (Wildman–Crippen MR) is 129 cm³/mol. The molecule has 0 amide bonds. The Labute approximate surface area is 195 Å². The lowest BCUT2D eigenvalue weighted by Crippen LogP contribution is -2.48. The van der Waals surface area contributed by atoms with E-state index < -0.39 is 0 Å². The maximum absolute atomic E-state index is 6.52. The Kier molecular flexibility index (Phi) is 7.48. The van der Waals surface area contributed by atoms with E-state index in [0.717, 1.165) is 22.8 Å². The van der Waals surface area contributed by atoms with E-state index in [2.05, 4.69) is 34.6 Å². The van der Waals surface area contributed by atoms with Crippen LogP contribution in [0.1, 0.15) is 55.7 Å². The number of halogens is 3. The molecule has 0 bridgehead atoms. The van der Waals surface area contributed by atoms with E-state index in [0.29, 0.717) is 22.0 Å². The van der Waals surface area contributed by atoms with Gasteiger partial charge in [-0.15, -0.1) is 0 Å². The summed E-state index contributed by atoms with van der Waals surface area (Å²) in [5.41, 5.74) is 3.35. The van der Waals surface area contributed by atoms with Gasteiger partial charge in [0.05, 0.1) is 16.8 Å². The fraction of sp³-hybridized carbons (Fsp3) is 0.500. The van der Waals surface area contributed by atoms with Crippen LogP contribution in [0.3, 0.4) is 0 Å². The molecule has 2 aliphatic rings. The van der Waals surface area contributed by atoms with Crippen LogP contribution >= 0.6 is 34.8 Å². The largest absolute Gasteiger partial charge is 0.377 e. The maximum atomic E-state index is 6.52. The van der Waals surface area contributed by atoms with Crippen molar-refractivity contribution in [1.82, 2.24) is 10.2 Å². The average molecular weight is 467 g/mol. The van der Waals surface area contributed by atoms with Gasteiger partial charge in [0.25, 0.3) is 0 Å². The lowest BCUT2D eigenvalue weighted by Gasteiger charge is -2.39. The van der Waals surface area contributed by atoms with Crippen molar-refractivity contribution >= 4 is 40.5 Å². The minimum absolute atomic E-state index is 0.0307. The molecule has 2 heterocycles. The highest BCUT2D eigenvalue weighted by molar-refractivity contribution is 6.35. The van der Waals surface area contributed by atoms with Crippen molar-refractivity contribution in [3.05, 3.63) is 62.6 Å². The molecule has 0 radical (unpaired) electrons. The normalized spacial score (nSPS) is 22.1. The van der Waals surface area contributed by atoms with Gasteiger partial charge in [0, 0.05) is 22.6 Å². The van der Waals surface area contributed by atoms with Crippen molar-refractivity contribution in [1.29, 1.82) is 0 Å². The van der Waals surface area contributed by atoms with Gasteiger partial charge in [-0.1, -0.05) is 46.9 Å². The van der Waals surface area contributed by atoms with Crippen LogP contribution in [-0.4, -0.2) is 37.1 Å². The molecule has 2 saturated heterocycles. The second-order valence-corrected chi connectivity index (χ2v) is 9.83. The van der Waals surface area contributed by atoms with Crippen molar-refractivity contribution in [2.24, 2.45) is 0 Å². The molecule has 2 fully saturated rings. The number of nitrogens with zero attached hydrogens (tertiary/aromatic N) is 1. The van der Waals surface area contributed by atoms with Crippen molar-refractivity contribution in [3.63, 3.8) is 0 Å². The third kappa shape index (κ3) is 5.26. The third-order valence-corrected chi connectivity index (χ3v) is 7.47. The minimum Gasteiger partial charge on any atom is -0.377 e. The summed E-state index contributed by atoms with van der Waals surface area (Å²) in [5, 5.41) is 9.14. The van der Waals surface area contributed by atoms with Gasteiger partial charge in [0.2, 0.25) is 0 Å². The number of likely N-dealkylation sites (tertiary alicyclic amines) is 1. The van der Waals surface area contributed by atoms with E-state index in [1.807, 2.05) is 18.2 Å². The first-order chi connectivity index (χ1) is 14.5. The molecule has 0 aliphatic carbocycles. The van der Waals surface area contributed by atoms with Crippen LogP contribution in [0, 0.1) is 0 Å². The number of piperidine rings is 2. The molecule has 0 spiro atoms. The number of benzene rings is 2. The molecule has 30 heavy (non-hydrogen) atoms. The lowest BCUT2D eigenvalue weighted by atomic mass is 9.88. The standard InChI is InChI=1S/C24H30Cl3N3/c1-16(21-6-5-19(25)14-23(21)27)29-24-13-18(4-7-22(24)26)17-8-11-30(12-9-17)20-3-2-10-28-15-20/h4-7,13-14,16-17,20,28-29H,2-3,8-12,15H2,1H3/t16-,20+/m1/s1. The number of hydrogen-bond donors (Lipinski definition) is 2. The van der Waals surface area contributed by atoms with Gasteiger partial charge in [-0.25, -0.2) is 0 Å². The zero-order valence-corrected chi connectivity index (χ0v) is 19.7. The Morgan fingerprint density at radius 3 is 2.50 bits per heavy atom. The second kappa shape index (κ2) is 10.1. The molecule has 0 aromatic heterocycles. The molecule has 2 aliphatic heterocycles. The van der Waals surface area contributed by atoms with Crippen molar-refractivity contribution in [3.8, 4) is 0 Å². The molecule has 2 aromatic rings. The van der Waals surface area contributed by atoms with Crippen LogP contribution in [-0.2, 0) is 0 Å². The Hall–Kier alpha value is -0.970. The second-order valence-electron chi connectivity index (χ2n) is 8.58. The topological polar surface area (TPSA) is 27.3 Å². The van der Waals surface area contributed by atoms with Gasteiger partial charge in [-0.2, -0.15) is 0 Å². The predicted octanol–water partition coefficient (Wildman–Crippen LogP) is 6.75. The minimum atomic E-state index is 0.0307. The first-order valence-electron chi connectivity index (χ1n) is 11.0. The Bertz CT molecular complexity index is 859. The van der Waals surface area contributed by atoms with E-state index >= 15 is 0 Å². The highest BCUT2D eigenvalue weighted by Crippen LogP contribution is 2.36. The Morgan fingerprint density at radius 2 is 1.80 bits per heavy atom. The quantitative estimate of drug-likeness (QED) is 0.510. The highest BCUT2D eigenvalue weighted by Gasteiger charge is 2.27. The number of hydrogen-bond acceptors (Lipinski definition) is 3. The number of nitrogens with one attached hydrogen (secondary N) is 2. The van der Waals surface area contributed by atoms with Crippen LogP contribution in [0.2, 0.25) is 15.1 Å². The van der Waals surface area contributed by atoms with E-state index in [-0.39, 0.29) is 6.04 Å². The van der Waals surface area contributed by atoms with Gasteiger partial charge in [0.15, 0.2) is 0 Å². The van der Waals surface area contributed by atoms with Crippen molar-refractivity contribution < 1.29 is 0 Å². The van der Waals surface area contributed by atoms with Crippen molar-refractivity contribution in [2.75, 3.05) is 31.5 Å². The molecule has 2 aromatic carbocycles. The zero-order chi connectivity index (χ0) is 21.1. The van der Waals surface area contributed by atoms with E-state index in [1.165, 1.54) is 50.9 Å². The van der Waals surface area contributed by atoms with Gasteiger partial charge < -0.3 is 10.6 Å². The summed E-state index contributed by atoms with van der Waals surface area (Å²) in [6, 6.07) is 12.8. The summed E-state index contributed by atoms with van der Waals surface area (Å²) in [4.78, 5) is 2.68. The van der Waals surface area contributed by atoms with Gasteiger partial charge >= 0.3 is 0 Å². The summed E-state index contributed by atoms with van der Waals surface area (Å²) in [6.07, 6.45) is 5.04. The van der Waals surface area contributed by atoms with Crippen LogP contribution in [0.25, 0.3) is 0 Å². The summed E-state index contributed by atoms with van der Waals surface area (Å²) >= 11 is 19.0. The Balaban J connectivity index is 1.42. The molecule has 2 atom stereocenters. The third-order valence-electron chi connectivity index (χ3n) is 6.58. The first kappa shape index (κ1) is 22.2. The van der Waals surface area contributed by atoms with Gasteiger partial charge in [-0.3, -0.25) is 4.90 Å². The fourth-order valence-electron chi connectivity index (χ4n) is 4.81. The smallest absolute Gasteiger partial charge is 0.0637 e. The van der Waals surface area contributed by atoms with E-state index in [4.69, 9.17) is 34.8 Å². The Morgan fingerprint density at radius 1 is 1.00 bits per heavy atom. The van der Waals surface area contributed by atoms with Crippen LogP contribution in [0.15, 0.2) is 36.4 Å². The average Bonchev–Trinajstić information content (AvgIpc) is 2.76. The summed E-state index contributed by atoms with van der Waals surface area (Å²) in [7, 11) is 0. The molecule has 0 unspecified atom stereocenters. The van der Waals surface area contributed by atoms with E-state index in [1.54, 1.807) is 6.07 Å². The summed E-state index contributed by atoms with van der Waals surface area (Å²) < 4.78 is 0. The van der Waals surface area contributed by atoms with Crippen LogP contribution in [0.5, 0.6) is 0 Å². The molecule has 4 rings (SSSR count). The molecular formula is C24H30Cl3N3. The molecule has 2 N–H and O–H groups in total. The maximum Gasteiger partial charge on any atom is 0.0637 e. The first-order valence-corrected chi connectivity index (χ1v) is 12.1. The van der Waals surface area contributed by atoms with Crippen LogP contribution in [0.4, 0.5) is 5.69 Å². The molecule has 6 heteroatoms. The number of anilines is 1. The van der Waals surface area contributed by atoms with Gasteiger partial charge in [0.1, 0.15) is 0 Å². The van der Waals surface area contributed by atoms with E-state index in [9.17, 15) is 0 Å². The molecule has 162 valence electrons. The summed E-state index contributed by atoms with van der Waals surface area (Å²) in [5.74, 6) is 0.588. The summed E-state index contributed by atoms with van der Waals surface area (Å²) in [6.45, 7) is 6.77. The van der Waals surface area contributed by atoms with Crippen LogP contribution < -0.4 is 10.6 Å². The van der Waals surface area contributed by atoms with Crippen molar-refractivity contribution in [2.45, 2.75) is 50.6 Å².